The molecular weight excluding hydrogens is 326 g/mol. The van der Waals surface area contributed by atoms with Gasteiger partial charge in [-0.15, -0.1) is 0 Å². The van der Waals surface area contributed by atoms with Crippen molar-refractivity contribution in [1.82, 2.24) is 9.97 Å². The molecule has 4 rings (SSSR count). The number of nitrogens with one attached hydrogen (secondary N) is 1. The molecule has 4 aromatic rings. The van der Waals surface area contributed by atoms with Gasteiger partial charge in [0, 0.05) is 29.2 Å². The number of hydrogen-bond donors (Lipinski definition) is 1. The highest BCUT2D eigenvalue weighted by Gasteiger charge is 2.11. The monoisotopic (exact) mass is 343 g/mol. The Morgan fingerprint density at radius 1 is 1.04 bits per heavy atom. The normalized spacial score (nSPS) is 10.8. The van der Waals surface area contributed by atoms with Crippen molar-refractivity contribution in [1.29, 1.82) is 0 Å². The van der Waals surface area contributed by atoms with Gasteiger partial charge < -0.3 is 9.73 Å². The van der Waals surface area contributed by atoms with E-state index < -0.39 is 0 Å². The minimum Gasteiger partial charge on any atom is -0.436 e. The summed E-state index contributed by atoms with van der Waals surface area (Å²) in [6.45, 7) is 2.09. The summed E-state index contributed by atoms with van der Waals surface area (Å²) < 4.78 is 5.77. The summed E-state index contributed by atoms with van der Waals surface area (Å²) in [7, 11) is 0. The molecule has 1 amide bonds. The number of hydrogen-bond acceptors (Lipinski definition) is 4. The molecule has 5 nitrogen and oxygen atoms in total. The highest BCUT2D eigenvalue weighted by molar-refractivity contribution is 6.05. The Balaban J connectivity index is 1.58. The van der Waals surface area contributed by atoms with Gasteiger partial charge in [-0.25, -0.2) is 4.98 Å². The molecule has 0 atom stereocenters. The van der Waals surface area contributed by atoms with Crippen LogP contribution in [0.4, 0.5) is 5.69 Å². The quantitative estimate of drug-likeness (QED) is 0.583. The summed E-state index contributed by atoms with van der Waals surface area (Å²) in [4.78, 5) is 20.9. The number of pyridine rings is 1. The van der Waals surface area contributed by atoms with Crippen LogP contribution in [-0.2, 0) is 6.42 Å². The number of anilines is 1. The predicted molar refractivity (Wildman–Crippen MR) is 101 cm³/mol. The second kappa shape index (κ2) is 6.80. The van der Waals surface area contributed by atoms with Crippen molar-refractivity contribution < 1.29 is 9.21 Å². The Bertz CT molecular complexity index is 1050. The lowest BCUT2D eigenvalue weighted by molar-refractivity contribution is 0.102. The van der Waals surface area contributed by atoms with E-state index in [4.69, 9.17) is 4.42 Å². The standard InChI is InChI=1S/C21H17N3O2/c1-2-14-3-5-15(6-4-14)20(25)23-17-7-8-19-18(13-17)24-21(26-19)16-9-11-22-12-10-16/h3-13H,2H2,1H3,(H,23,25). The number of nitrogens with zero attached hydrogens (tertiary/aromatic N) is 2. The second-order valence-electron chi connectivity index (χ2n) is 5.94. The largest absolute Gasteiger partial charge is 0.436 e. The predicted octanol–water partition coefficient (Wildman–Crippen LogP) is 4.70. The van der Waals surface area contributed by atoms with Gasteiger partial charge in [0.1, 0.15) is 5.52 Å². The van der Waals surface area contributed by atoms with Gasteiger partial charge in [0.25, 0.3) is 5.91 Å². The Kier molecular flexibility index (Phi) is 4.19. The molecule has 0 spiro atoms. The van der Waals surface area contributed by atoms with Crippen LogP contribution >= 0.6 is 0 Å². The van der Waals surface area contributed by atoms with Gasteiger partial charge in [0.15, 0.2) is 5.58 Å². The lowest BCUT2D eigenvalue weighted by atomic mass is 10.1. The van der Waals surface area contributed by atoms with Crippen molar-refractivity contribution in [3.05, 3.63) is 78.1 Å². The van der Waals surface area contributed by atoms with Gasteiger partial charge in [-0.1, -0.05) is 19.1 Å². The molecule has 0 aliphatic heterocycles. The molecule has 0 aliphatic rings. The number of aryl methyl sites for hydroxylation is 1. The highest BCUT2D eigenvalue weighted by Crippen LogP contribution is 2.26. The molecule has 0 fully saturated rings. The van der Waals surface area contributed by atoms with Gasteiger partial charge in [-0.3, -0.25) is 9.78 Å². The number of carbonyl (C=O) groups is 1. The molecule has 0 bridgehead atoms. The molecule has 2 aromatic heterocycles. The van der Waals surface area contributed by atoms with E-state index in [2.05, 4.69) is 22.2 Å². The number of fused-ring (bicyclic) bond motifs is 1. The summed E-state index contributed by atoms with van der Waals surface area (Å²) in [5.74, 6) is 0.380. The van der Waals surface area contributed by atoms with Crippen LogP contribution < -0.4 is 5.32 Å². The van der Waals surface area contributed by atoms with E-state index in [9.17, 15) is 4.79 Å². The third-order valence-corrected chi connectivity index (χ3v) is 4.20. The number of benzene rings is 2. The van der Waals surface area contributed by atoms with Gasteiger partial charge >= 0.3 is 0 Å². The fraction of sp³-hybridized carbons (Fsp3) is 0.0952. The van der Waals surface area contributed by atoms with Crippen LogP contribution in [0.15, 0.2) is 71.4 Å². The number of aromatic nitrogens is 2. The first-order valence-electron chi connectivity index (χ1n) is 8.44. The molecule has 0 radical (unpaired) electrons. The summed E-state index contributed by atoms with van der Waals surface area (Å²) in [5.41, 5.74) is 4.72. The lowest BCUT2D eigenvalue weighted by Crippen LogP contribution is -2.11. The lowest BCUT2D eigenvalue weighted by Gasteiger charge is -2.05. The van der Waals surface area contributed by atoms with Crippen molar-refractivity contribution in [3.63, 3.8) is 0 Å². The van der Waals surface area contributed by atoms with Crippen molar-refractivity contribution >= 4 is 22.7 Å². The van der Waals surface area contributed by atoms with Crippen LogP contribution in [-0.4, -0.2) is 15.9 Å². The maximum Gasteiger partial charge on any atom is 0.255 e. The van der Waals surface area contributed by atoms with E-state index in [0.29, 0.717) is 28.2 Å². The fourth-order valence-corrected chi connectivity index (χ4v) is 2.72. The smallest absolute Gasteiger partial charge is 0.255 e. The van der Waals surface area contributed by atoms with Crippen LogP contribution in [0.5, 0.6) is 0 Å². The summed E-state index contributed by atoms with van der Waals surface area (Å²) >= 11 is 0. The number of rotatable bonds is 4. The zero-order chi connectivity index (χ0) is 17.9. The third-order valence-electron chi connectivity index (χ3n) is 4.20. The zero-order valence-electron chi connectivity index (χ0n) is 14.3. The van der Waals surface area contributed by atoms with E-state index in [1.807, 2.05) is 54.6 Å². The molecule has 1 N–H and O–H groups in total. The minimum absolute atomic E-state index is 0.148. The summed E-state index contributed by atoms with van der Waals surface area (Å²) in [6, 6.07) is 16.7. The van der Waals surface area contributed by atoms with Crippen molar-refractivity contribution in [2.45, 2.75) is 13.3 Å². The molecule has 0 saturated carbocycles. The maximum atomic E-state index is 12.4. The Labute approximate surface area is 150 Å². The molecular formula is C21H17N3O2. The minimum atomic E-state index is -0.148. The molecule has 2 aromatic carbocycles. The Morgan fingerprint density at radius 3 is 2.54 bits per heavy atom. The third kappa shape index (κ3) is 3.19. The molecule has 26 heavy (non-hydrogen) atoms. The van der Waals surface area contributed by atoms with Crippen molar-refractivity contribution in [3.8, 4) is 11.5 Å². The average Bonchev–Trinajstić information content (AvgIpc) is 3.12. The zero-order valence-corrected chi connectivity index (χ0v) is 14.3. The molecule has 0 saturated heterocycles. The molecule has 0 aliphatic carbocycles. The van der Waals surface area contributed by atoms with Crippen LogP contribution in [0.25, 0.3) is 22.6 Å². The van der Waals surface area contributed by atoms with Crippen LogP contribution in [0, 0.1) is 0 Å². The van der Waals surface area contributed by atoms with Gasteiger partial charge in [-0.2, -0.15) is 0 Å². The topological polar surface area (TPSA) is 68.0 Å². The molecule has 2 heterocycles. The van der Waals surface area contributed by atoms with Crippen LogP contribution in [0.2, 0.25) is 0 Å². The van der Waals surface area contributed by atoms with Gasteiger partial charge in [0.05, 0.1) is 0 Å². The Morgan fingerprint density at radius 2 is 1.81 bits per heavy atom. The van der Waals surface area contributed by atoms with E-state index in [0.717, 1.165) is 12.0 Å². The first-order valence-corrected chi connectivity index (χ1v) is 8.44. The molecule has 5 heteroatoms. The highest BCUT2D eigenvalue weighted by atomic mass is 16.3. The number of carbonyl (C=O) groups excluding carboxylic acids is 1. The summed E-state index contributed by atoms with van der Waals surface area (Å²) in [5, 5.41) is 2.91. The summed E-state index contributed by atoms with van der Waals surface area (Å²) in [6.07, 6.45) is 4.34. The average molecular weight is 343 g/mol. The molecule has 0 unspecified atom stereocenters. The van der Waals surface area contributed by atoms with Crippen molar-refractivity contribution in [2.24, 2.45) is 0 Å². The van der Waals surface area contributed by atoms with Crippen molar-refractivity contribution in [2.75, 3.05) is 5.32 Å². The van der Waals surface area contributed by atoms with Crippen LogP contribution in [0.1, 0.15) is 22.8 Å². The second-order valence-corrected chi connectivity index (χ2v) is 5.94. The SMILES string of the molecule is CCc1ccc(C(=O)Nc2ccc3oc(-c4ccncc4)nc3c2)cc1. The fourth-order valence-electron chi connectivity index (χ4n) is 2.72. The first-order chi connectivity index (χ1) is 12.7. The van der Waals surface area contributed by atoms with E-state index >= 15 is 0 Å². The first kappa shape index (κ1) is 16.0. The maximum absolute atomic E-state index is 12.4. The van der Waals surface area contributed by atoms with Crippen LogP contribution in [0.3, 0.4) is 0 Å². The van der Waals surface area contributed by atoms with E-state index in [1.54, 1.807) is 12.4 Å². The van der Waals surface area contributed by atoms with Gasteiger partial charge in [-0.05, 0) is 54.4 Å². The molecule has 128 valence electrons. The number of oxazole rings is 1. The number of amides is 1. The Hall–Kier alpha value is -3.47. The van der Waals surface area contributed by atoms with Gasteiger partial charge in [0.2, 0.25) is 5.89 Å². The van der Waals surface area contributed by atoms with E-state index in [-0.39, 0.29) is 5.91 Å². The van der Waals surface area contributed by atoms with E-state index in [1.165, 1.54) is 5.56 Å².